The van der Waals surface area contributed by atoms with Crippen LogP contribution in [-0.4, -0.2) is 47.5 Å². The fourth-order valence-electron chi connectivity index (χ4n) is 3.36. The van der Waals surface area contributed by atoms with Gasteiger partial charge in [0.15, 0.2) is 6.61 Å². The van der Waals surface area contributed by atoms with E-state index in [1.165, 1.54) is 0 Å². The molecule has 0 aliphatic carbocycles. The van der Waals surface area contributed by atoms with Gasteiger partial charge < -0.3 is 20.1 Å². The normalized spacial score (nSPS) is 16.1. The van der Waals surface area contributed by atoms with E-state index in [0.717, 1.165) is 6.42 Å². The van der Waals surface area contributed by atoms with Gasteiger partial charge in [0.05, 0.1) is 12.3 Å². The summed E-state index contributed by atoms with van der Waals surface area (Å²) in [5, 5.41) is 11.9. The van der Waals surface area contributed by atoms with Crippen molar-refractivity contribution in [2.24, 2.45) is 5.92 Å². The van der Waals surface area contributed by atoms with E-state index < -0.39 is 5.97 Å². The molecule has 1 heterocycles. The number of nitrogens with zero attached hydrogens (tertiary/aromatic N) is 1. The fraction of sp³-hybridized carbons (Fsp3) is 0.318. The van der Waals surface area contributed by atoms with Crippen molar-refractivity contribution in [2.75, 3.05) is 25.0 Å². The molecule has 7 nitrogen and oxygen atoms in total. The van der Waals surface area contributed by atoms with Crippen molar-refractivity contribution < 1.29 is 24.2 Å². The SMILES string of the molecule is O=C(O)Cc1ccccc1NC(=O)C1CCCN(C(=O)COc2ccccc2)C1. The molecule has 0 aromatic heterocycles. The zero-order chi connectivity index (χ0) is 20.6. The molecule has 1 saturated heterocycles. The largest absolute Gasteiger partial charge is 0.484 e. The Kier molecular flexibility index (Phi) is 6.84. The lowest BCUT2D eigenvalue weighted by Gasteiger charge is -2.32. The van der Waals surface area contributed by atoms with Gasteiger partial charge in [-0.15, -0.1) is 0 Å². The van der Waals surface area contributed by atoms with Crippen molar-refractivity contribution in [1.82, 2.24) is 4.90 Å². The highest BCUT2D eigenvalue weighted by molar-refractivity contribution is 5.94. The Hall–Kier alpha value is -3.35. The van der Waals surface area contributed by atoms with E-state index in [-0.39, 0.29) is 30.8 Å². The van der Waals surface area contributed by atoms with Crippen molar-refractivity contribution in [1.29, 1.82) is 0 Å². The first-order valence-electron chi connectivity index (χ1n) is 9.59. The molecule has 1 atom stereocenters. The standard InChI is InChI=1S/C22H24N2O5/c25-20(15-29-18-9-2-1-3-10-18)24-12-6-8-17(14-24)22(28)23-19-11-5-4-7-16(19)13-21(26)27/h1-5,7,9-11,17H,6,8,12-15H2,(H,23,28)(H,26,27). The number of piperidine rings is 1. The minimum atomic E-state index is -0.959. The summed E-state index contributed by atoms with van der Waals surface area (Å²) < 4.78 is 5.52. The van der Waals surface area contributed by atoms with E-state index in [2.05, 4.69) is 5.32 Å². The minimum absolute atomic E-state index is 0.0696. The molecular formula is C22H24N2O5. The van der Waals surface area contributed by atoms with E-state index in [9.17, 15) is 14.4 Å². The first-order chi connectivity index (χ1) is 14.0. The number of carbonyl (C=O) groups is 3. The van der Waals surface area contributed by atoms with Crippen molar-refractivity contribution in [3.63, 3.8) is 0 Å². The highest BCUT2D eigenvalue weighted by Gasteiger charge is 2.29. The third-order valence-corrected chi connectivity index (χ3v) is 4.87. The second kappa shape index (κ2) is 9.73. The molecule has 7 heteroatoms. The van der Waals surface area contributed by atoms with Gasteiger partial charge in [0.1, 0.15) is 5.75 Å². The maximum atomic E-state index is 12.7. The van der Waals surface area contributed by atoms with Crippen LogP contribution in [0.3, 0.4) is 0 Å². The molecule has 3 rings (SSSR count). The predicted octanol–water partition coefficient (Wildman–Crippen LogP) is 2.57. The Labute approximate surface area is 169 Å². The van der Waals surface area contributed by atoms with E-state index in [1.54, 1.807) is 41.3 Å². The quantitative estimate of drug-likeness (QED) is 0.750. The van der Waals surface area contributed by atoms with Crippen molar-refractivity contribution in [2.45, 2.75) is 19.3 Å². The highest BCUT2D eigenvalue weighted by atomic mass is 16.5. The zero-order valence-electron chi connectivity index (χ0n) is 16.0. The second-order valence-electron chi connectivity index (χ2n) is 7.00. The Morgan fingerprint density at radius 2 is 1.79 bits per heavy atom. The lowest BCUT2D eigenvalue weighted by atomic mass is 9.96. The summed E-state index contributed by atoms with van der Waals surface area (Å²) >= 11 is 0. The fourth-order valence-corrected chi connectivity index (χ4v) is 3.36. The molecule has 152 valence electrons. The molecule has 2 aromatic rings. The second-order valence-corrected chi connectivity index (χ2v) is 7.00. The number of likely N-dealkylation sites (tertiary alicyclic amines) is 1. The maximum Gasteiger partial charge on any atom is 0.307 e. The number of aliphatic carboxylic acids is 1. The molecule has 29 heavy (non-hydrogen) atoms. The van der Waals surface area contributed by atoms with E-state index >= 15 is 0 Å². The van der Waals surface area contributed by atoms with Crippen molar-refractivity contribution in [3.8, 4) is 5.75 Å². The number of amides is 2. The lowest BCUT2D eigenvalue weighted by Crippen LogP contribution is -2.45. The number of ether oxygens (including phenoxy) is 1. The number of para-hydroxylation sites is 2. The minimum Gasteiger partial charge on any atom is -0.484 e. The molecule has 2 N–H and O–H groups in total. The van der Waals surface area contributed by atoms with Gasteiger partial charge in [0, 0.05) is 18.8 Å². The summed E-state index contributed by atoms with van der Waals surface area (Å²) in [4.78, 5) is 37.9. The molecule has 1 unspecified atom stereocenters. The number of hydrogen-bond donors (Lipinski definition) is 2. The lowest BCUT2D eigenvalue weighted by molar-refractivity contribution is -0.137. The highest BCUT2D eigenvalue weighted by Crippen LogP contribution is 2.21. The number of carboxylic acid groups (broad SMARTS) is 1. The summed E-state index contributed by atoms with van der Waals surface area (Å²) in [6.07, 6.45) is 1.24. The molecule has 0 bridgehead atoms. The molecule has 0 radical (unpaired) electrons. The Morgan fingerprint density at radius 1 is 1.07 bits per heavy atom. The summed E-state index contributed by atoms with van der Waals surface area (Å²) in [7, 11) is 0. The predicted molar refractivity (Wildman–Crippen MR) is 108 cm³/mol. The Morgan fingerprint density at radius 3 is 2.55 bits per heavy atom. The van der Waals surface area contributed by atoms with Gasteiger partial charge in [0.2, 0.25) is 5.91 Å². The smallest absolute Gasteiger partial charge is 0.307 e. The summed E-state index contributed by atoms with van der Waals surface area (Å²) in [6, 6.07) is 16.0. The van der Waals surface area contributed by atoms with Crippen molar-refractivity contribution >= 4 is 23.5 Å². The van der Waals surface area contributed by atoms with Crippen LogP contribution in [0.2, 0.25) is 0 Å². The van der Waals surface area contributed by atoms with Crippen LogP contribution < -0.4 is 10.1 Å². The van der Waals surface area contributed by atoms with Crippen LogP contribution >= 0.6 is 0 Å². The number of carboxylic acids is 1. The Balaban J connectivity index is 1.57. The van der Waals surface area contributed by atoms with Gasteiger partial charge in [-0.1, -0.05) is 36.4 Å². The van der Waals surface area contributed by atoms with Gasteiger partial charge in [-0.2, -0.15) is 0 Å². The first kappa shape index (κ1) is 20.4. The van der Waals surface area contributed by atoms with E-state index in [4.69, 9.17) is 9.84 Å². The van der Waals surface area contributed by atoms with Gasteiger partial charge >= 0.3 is 5.97 Å². The summed E-state index contributed by atoms with van der Waals surface area (Å²) in [5.41, 5.74) is 1.05. The van der Waals surface area contributed by atoms with Crippen molar-refractivity contribution in [3.05, 3.63) is 60.2 Å². The molecule has 1 fully saturated rings. The van der Waals surface area contributed by atoms with Gasteiger partial charge in [-0.25, -0.2) is 0 Å². The number of carbonyl (C=O) groups excluding carboxylic acids is 2. The number of anilines is 1. The van der Waals surface area contributed by atoms with Crippen LogP contribution in [0.15, 0.2) is 54.6 Å². The van der Waals surface area contributed by atoms with E-state index in [1.807, 2.05) is 18.2 Å². The van der Waals surface area contributed by atoms with Gasteiger partial charge in [-0.3, -0.25) is 14.4 Å². The number of hydrogen-bond acceptors (Lipinski definition) is 4. The van der Waals surface area contributed by atoms with Gasteiger partial charge in [0.25, 0.3) is 5.91 Å². The van der Waals surface area contributed by atoms with Crippen LogP contribution in [0.5, 0.6) is 5.75 Å². The van der Waals surface area contributed by atoms with Crippen LogP contribution in [0.4, 0.5) is 5.69 Å². The van der Waals surface area contributed by atoms with E-state index in [0.29, 0.717) is 36.5 Å². The van der Waals surface area contributed by atoms with Gasteiger partial charge in [-0.05, 0) is 36.6 Å². The summed E-state index contributed by atoms with van der Waals surface area (Å²) in [6.45, 7) is 0.847. The number of nitrogens with one attached hydrogen (secondary N) is 1. The summed E-state index contributed by atoms with van der Waals surface area (Å²) in [5.74, 6) is -1.04. The number of benzene rings is 2. The average Bonchev–Trinajstić information content (AvgIpc) is 2.74. The topological polar surface area (TPSA) is 95.9 Å². The molecule has 1 aliphatic heterocycles. The van der Waals surface area contributed by atoms with Crippen LogP contribution in [0.25, 0.3) is 0 Å². The molecule has 0 saturated carbocycles. The molecule has 2 aromatic carbocycles. The monoisotopic (exact) mass is 396 g/mol. The molecular weight excluding hydrogens is 372 g/mol. The molecule has 0 spiro atoms. The zero-order valence-corrected chi connectivity index (χ0v) is 16.0. The first-order valence-corrected chi connectivity index (χ1v) is 9.59. The Bertz CT molecular complexity index is 869. The molecule has 1 aliphatic rings. The molecule has 2 amide bonds. The van der Waals surface area contributed by atoms with Crippen LogP contribution in [0, 0.1) is 5.92 Å². The third-order valence-electron chi connectivity index (χ3n) is 4.87. The van der Waals surface area contributed by atoms with Crippen LogP contribution in [-0.2, 0) is 20.8 Å². The number of rotatable bonds is 7. The average molecular weight is 396 g/mol. The maximum absolute atomic E-state index is 12.7. The van der Waals surface area contributed by atoms with Crippen LogP contribution in [0.1, 0.15) is 18.4 Å². The third kappa shape index (κ3) is 5.81.